The molecule has 0 heterocycles. The Balaban J connectivity index is 1.97. The lowest BCUT2D eigenvalue weighted by Crippen LogP contribution is -2.20. The Morgan fingerprint density at radius 2 is 1.72 bits per heavy atom. The van der Waals surface area contributed by atoms with E-state index in [9.17, 15) is 0 Å². The number of hydrogen-bond acceptors (Lipinski definition) is 0. The molecule has 2 unspecified atom stereocenters. The van der Waals surface area contributed by atoms with Crippen molar-refractivity contribution in [1.29, 1.82) is 0 Å². The summed E-state index contributed by atoms with van der Waals surface area (Å²) >= 11 is 0. The van der Waals surface area contributed by atoms with E-state index in [1.54, 1.807) is 0 Å². The smallest absolute Gasteiger partial charge is 0.0391 e. The van der Waals surface area contributed by atoms with Crippen LogP contribution >= 0.6 is 0 Å². The summed E-state index contributed by atoms with van der Waals surface area (Å²) in [6.07, 6.45) is 14.7. The van der Waals surface area contributed by atoms with Gasteiger partial charge in [-0.3, -0.25) is 0 Å². The van der Waals surface area contributed by atoms with Gasteiger partial charge in [-0.05, 0) is 36.5 Å². The second-order valence-corrected chi connectivity index (χ2v) is 7.01. The van der Waals surface area contributed by atoms with Crippen molar-refractivity contribution in [3.63, 3.8) is 0 Å². The van der Waals surface area contributed by atoms with Crippen molar-refractivity contribution in [2.45, 2.75) is 91.9 Å². The van der Waals surface area contributed by atoms with E-state index in [-0.39, 0.29) is 0 Å². The van der Waals surface area contributed by atoms with Crippen LogP contribution in [-0.4, -0.2) is 0 Å². The molecule has 0 aromatic carbocycles. The molecule has 0 spiro atoms. The summed E-state index contributed by atoms with van der Waals surface area (Å²) in [5, 5.41) is 0. The molecule has 0 bridgehead atoms. The molecule has 1 aliphatic carbocycles. The Hall–Kier alpha value is 0. The fourth-order valence-corrected chi connectivity index (χ4v) is 3.90. The average molecular weight is 252 g/mol. The van der Waals surface area contributed by atoms with Crippen LogP contribution in [0.2, 0.25) is 0 Å². The maximum absolute atomic E-state index is 2.47. The van der Waals surface area contributed by atoms with Crippen molar-refractivity contribution in [2.75, 3.05) is 0 Å². The number of rotatable bonds is 10. The molecule has 0 heteroatoms. The van der Waals surface area contributed by atoms with Crippen LogP contribution < -0.4 is 0 Å². The van der Waals surface area contributed by atoms with Gasteiger partial charge >= 0.3 is 0 Å². The molecule has 1 rings (SSSR count). The van der Waals surface area contributed by atoms with Crippen LogP contribution in [0.5, 0.6) is 0 Å². The standard InChI is InChI=1S/C18H36/c1-5-10-16(4)18(6-2)12-9-7-8-11-17-13-15(3)14-17/h15-18H,5-14H2,1-4H3. The minimum Gasteiger partial charge on any atom is -0.0654 e. The number of hydrogen-bond donors (Lipinski definition) is 0. The highest BCUT2D eigenvalue weighted by atomic mass is 14.3. The van der Waals surface area contributed by atoms with Gasteiger partial charge in [-0.25, -0.2) is 0 Å². The average Bonchev–Trinajstić information content (AvgIpc) is 2.31. The SMILES string of the molecule is CCCC(C)C(CC)CCCCCC1CC(C)C1. The molecule has 1 aliphatic rings. The molecule has 0 aliphatic heterocycles. The lowest BCUT2D eigenvalue weighted by molar-refractivity contribution is 0.194. The lowest BCUT2D eigenvalue weighted by atomic mass is 9.73. The monoisotopic (exact) mass is 252 g/mol. The molecule has 0 amide bonds. The Morgan fingerprint density at radius 3 is 2.28 bits per heavy atom. The van der Waals surface area contributed by atoms with Crippen LogP contribution in [0.1, 0.15) is 91.9 Å². The fourth-order valence-electron chi connectivity index (χ4n) is 3.90. The highest BCUT2D eigenvalue weighted by molar-refractivity contribution is 4.76. The van der Waals surface area contributed by atoms with Gasteiger partial charge in [0.2, 0.25) is 0 Å². The van der Waals surface area contributed by atoms with Gasteiger partial charge in [0, 0.05) is 0 Å². The Bertz CT molecular complexity index is 190. The lowest BCUT2D eigenvalue weighted by Gasteiger charge is -2.32. The number of unbranched alkanes of at least 4 members (excludes halogenated alkanes) is 2. The molecule has 0 radical (unpaired) electrons. The van der Waals surface area contributed by atoms with Gasteiger partial charge in [-0.1, -0.05) is 79.1 Å². The molecular weight excluding hydrogens is 216 g/mol. The molecule has 0 aromatic rings. The molecule has 0 saturated heterocycles. The summed E-state index contributed by atoms with van der Waals surface area (Å²) in [6, 6.07) is 0. The van der Waals surface area contributed by atoms with Crippen molar-refractivity contribution < 1.29 is 0 Å². The molecule has 1 saturated carbocycles. The summed E-state index contributed by atoms with van der Waals surface area (Å²) in [6.45, 7) is 9.57. The minimum atomic E-state index is 0.951. The topological polar surface area (TPSA) is 0 Å². The van der Waals surface area contributed by atoms with Gasteiger partial charge < -0.3 is 0 Å². The molecule has 0 N–H and O–H groups in total. The van der Waals surface area contributed by atoms with Gasteiger partial charge in [-0.2, -0.15) is 0 Å². The van der Waals surface area contributed by atoms with E-state index in [2.05, 4.69) is 27.7 Å². The molecule has 1 fully saturated rings. The van der Waals surface area contributed by atoms with Gasteiger partial charge in [-0.15, -0.1) is 0 Å². The van der Waals surface area contributed by atoms with E-state index in [0.29, 0.717) is 0 Å². The molecule has 18 heavy (non-hydrogen) atoms. The molecule has 0 aromatic heterocycles. The highest BCUT2D eigenvalue weighted by Gasteiger charge is 2.24. The zero-order valence-corrected chi connectivity index (χ0v) is 13.4. The minimum absolute atomic E-state index is 0.951. The molecule has 0 nitrogen and oxygen atoms in total. The summed E-state index contributed by atoms with van der Waals surface area (Å²) in [4.78, 5) is 0. The van der Waals surface area contributed by atoms with E-state index in [1.807, 2.05) is 0 Å². The summed E-state index contributed by atoms with van der Waals surface area (Å²) in [5.41, 5.74) is 0. The normalized spacial score (nSPS) is 26.7. The van der Waals surface area contributed by atoms with Crippen molar-refractivity contribution in [1.82, 2.24) is 0 Å². The third-order valence-corrected chi connectivity index (χ3v) is 5.23. The second-order valence-electron chi connectivity index (χ2n) is 7.01. The van der Waals surface area contributed by atoms with Crippen molar-refractivity contribution in [3.05, 3.63) is 0 Å². The van der Waals surface area contributed by atoms with Crippen LogP contribution in [0.25, 0.3) is 0 Å². The quantitative estimate of drug-likeness (QED) is 0.392. The third-order valence-electron chi connectivity index (χ3n) is 5.23. The van der Waals surface area contributed by atoms with Crippen LogP contribution in [0.4, 0.5) is 0 Å². The van der Waals surface area contributed by atoms with Crippen LogP contribution in [0.3, 0.4) is 0 Å². The van der Waals surface area contributed by atoms with E-state index < -0.39 is 0 Å². The molecule has 2 atom stereocenters. The van der Waals surface area contributed by atoms with Gasteiger partial charge in [0.25, 0.3) is 0 Å². The first-order valence-electron chi connectivity index (χ1n) is 8.67. The zero-order chi connectivity index (χ0) is 13.4. The molecule has 108 valence electrons. The van der Waals surface area contributed by atoms with Gasteiger partial charge in [0.05, 0.1) is 0 Å². The first-order valence-corrected chi connectivity index (χ1v) is 8.67. The predicted molar refractivity (Wildman–Crippen MR) is 82.8 cm³/mol. The molecular formula is C18H36. The fraction of sp³-hybridized carbons (Fsp3) is 1.00. The third kappa shape index (κ3) is 5.76. The first kappa shape index (κ1) is 16.1. The van der Waals surface area contributed by atoms with E-state index >= 15 is 0 Å². The maximum Gasteiger partial charge on any atom is -0.0391 e. The Kier molecular flexibility index (Phi) is 8.02. The summed E-state index contributed by atoms with van der Waals surface area (Å²) in [5.74, 6) is 4.08. The highest BCUT2D eigenvalue weighted by Crippen LogP contribution is 2.36. The van der Waals surface area contributed by atoms with Crippen molar-refractivity contribution in [2.24, 2.45) is 23.7 Å². The van der Waals surface area contributed by atoms with Gasteiger partial charge in [0.1, 0.15) is 0 Å². The second kappa shape index (κ2) is 8.99. The van der Waals surface area contributed by atoms with Crippen molar-refractivity contribution >= 4 is 0 Å². The zero-order valence-electron chi connectivity index (χ0n) is 13.4. The van der Waals surface area contributed by atoms with Crippen LogP contribution in [0.15, 0.2) is 0 Å². The largest absolute Gasteiger partial charge is 0.0654 e. The Labute approximate surface area is 116 Å². The maximum atomic E-state index is 2.47. The van der Waals surface area contributed by atoms with Crippen LogP contribution in [-0.2, 0) is 0 Å². The Morgan fingerprint density at radius 1 is 1.00 bits per heavy atom. The van der Waals surface area contributed by atoms with Crippen molar-refractivity contribution in [3.8, 4) is 0 Å². The van der Waals surface area contributed by atoms with Gasteiger partial charge in [0.15, 0.2) is 0 Å². The summed E-state index contributed by atoms with van der Waals surface area (Å²) < 4.78 is 0. The van der Waals surface area contributed by atoms with E-state index in [0.717, 1.165) is 23.7 Å². The predicted octanol–water partition coefficient (Wildman–Crippen LogP) is 6.45. The van der Waals surface area contributed by atoms with E-state index in [1.165, 1.54) is 64.2 Å². The summed E-state index contributed by atoms with van der Waals surface area (Å²) in [7, 11) is 0. The van der Waals surface area contributed by atoms with Crippen LogP contribution in [0, 0.1) is 23.7 Å². The van der Waals surface area contributed by atoms with E-state index in [4.69, 9.17) is 0 Å². The first-order chi connectivity index (χ1) is 8.67.